The highest BCUT2D eigenvalue weighted by atomic mass is 32.2. The second-order valence-corrected chi connectivity index (χ2v) is 6.64. The SMILES string of the molecule is C=NC=CC(=C)C(C)=c1ccn(S(C)(=O)=O)c1=C(C)C. The van der Waals surface area contributed by atoms with Gasteiger partial charge in [-0.1, -0.05) is 12.2 Å². The predicted molar refractivity (Wildman–Crippen MR) is 85.6 cm³/mol. The molecule has 0 unspecified atom stereocenters. The maximum Gasteiger partial charge on any atom is 0.236 e. The fourth-order valence-corrected chi connectivity index (χ4v) is 2.82. The van der Waals surface area contributed by atoms with Gasteiger partial charge in [0.15, 0.2) is 0 Å². The van der Waals surface area contributed by atoms with E-state index in [2.05, 4.69) is 18.3 Å². The van der Waals surface area contributed by atoms with E-state index >= 15 is 0 Å². The zero-order valence-electron chi connectivity index (χ0n) is 12.3. The van der Waals surface area contributed by atoms with Crippen molar-refractivity contribution < 1.29 is 8.42 Å². The molecule has 1 heterocycles. The quantitative estimate of drug-likeness (QED) is 0.622. The zero-order valence-corrected chi connectivity index (χ0v) is 13.2. The Balaban J connectivity index is 3.78. The third-order valence-electron chi connectivity index (χ3n) is 2.95. The predicted octanol–water partition coefficient (Wildman–Crippen LogP) is 1.43. The Kier molecular flexibility index (Phi) is 4.89. The molecular weight excluding hydrogens is 272 g/mol. The molecule has 0 saturated heterocycles. The van der Waals surface area contributed by atoms with Crippen molar-refractivity contribution in [2.45, 2.75) is 20.8 Å². The monoisotopic (exact) mass is 292 g/mol. The van der Waals surface area contributed by atoms with Crippen LogP contribution in [-0.4, -0.2) is 25.4 Å². The van der Waals surface area contributed by atoms with Gasteiger partial charge in [0, 0.05) is 17.6 Å². The molecule has 1 rings (SSSR count). The van der Waals surface area contributed by atoms with Gasteiger partial charge in [0.25, 0.3) is 0 Å². The van der Waals surface area contributed by atoms with E-state index in [-0.39, 0.29) is 0 Å². The molecule has 0 aromatic carbocycles. The molecule has 0 aliphatic carbocycles. The summed E-state index contributed by atoms with van der Waals surface area (Å²) >= 11 is 0. The normalized spacial score (nSPS) is 13.4. The van der Waals surface area contributed by atoms with Gasteiger partial charge in [-0.25, -0.2) is 12.4 Å². The molecule has 0 radical (unpaired) electrons. The number of hydrogen-bond acceptors (Lipinski definition) is 3. The van der Waals surface area contributed by atoms with Crippen molar-refractivity contribution in [3.8, 4) is 0 Å². The summed E-state index contributed by atoms with van der Waals surface area (Å²) in [5.41, 5.74) is 2.60. The molecule has 0 N–H and O–H groups in total. The Morgan fingerprint density at radius 2 is 1.95 bits per heavy atom. The van der Waals surface area contributed by atoms with Crippen molar-refractivity contribution >= 4 is 27.9 Å². The molecule has 0 fully saturated rings. The van der Waals surface area contributed by atoms with Crippen LogP contribution in [-0.2, 0) is 10.0 Å². The summed E-state index contributed by atoms with van der Waals surface area (Å²) < 4.78 is 24.9. The number of rotatable bonds is 4. The minimum atomic E-state index is -3.33. The highest BCUT2D eigenvalue weighted by Gasteiger charge is 2.09. The molecule has 0 spiro atoms. The third kappa shape index (κ3) is 3.36. The molecule has 5 heteroatoms. The Bertz CT molecular complexity index is 789. The highest BCUT2D eigenvalue weighted by molar-refractivity contribution is 7.89. The minimum Gasteiger partial charge on any atom is -0.272 e. The van der Waals surface area contributed by atoms with Gasteiger partial charge in [0.2, 0.25) is 10.0 Å². The van der Waals surface area contributed by atoms with Crippen LogP contribution in [0.5, 0.6) is 0 Å². The number of allylic oxidation sites excluding steroid dienone is 2. The van der Waals surface area contributed by atoms with Gasteiger partial charge in [0.05, 0.1) is 11.6 Å². The van der Waals surface area contributed by atoms with Crippen LogP contribution in [0.2, 0.25) is 0 Å². The molecule has 0 atom stereocenters. The molecule has 20 heavy (non-hydrogen) atoms. The van der Waals surface area contributed by atoms with Gasteiger partial charge >= 0.3 is 0 Å². The van der Waals surface area contributed by atoms with Gasteiger partial charge in [-0.2, -0.15) is 0 Å². The second-order valence-electron chi connectivity index (χ2n) is 4.79. The van der Waals surface area contributed by atoms with Crippen LogP contribution in [0.15, 0.2) is 41.7 Å². The first-order valence-corrected chi connectivity index (χ1v) is 7.93. The molecule has 0 saturated carbocycles. The van der Waals surface area contributed by atoms with E-state index in [1.54, 1.807) is 24.5 Å². The molecular formula is C15H20N2O2S. The topological polar surface area (TPSA) is 51.4 Å². The van der Waals surface area contributed by atoms with E-state index in [0.29, 0.717) is 5.35 Å². The maximum absolute atomic E-state index is 11.8. The van der Waals surface area contributed by atoms with Crippen molar-refractivity contribution in [1.82, 2.24) is 3.97 Å². The molecule has 4 nitrogen and oxygen atoms in total. The van der Waals surface area contributed by atoms with E-state index in [1.807, 2.05) is 20.8 Å². The van der Waals surface area contributed by atoms with E-state index in [9.17, 15) is 8.42 Å². The van der Waals surface area contributed by atoms with Crippen LogP contribution in [0.4, 0.5) is 0 Å². The first kappa shape index (κ1) is 16.2. The maximum atomic E-state index is 11.8. The molecule has 1 aromatic rings. The van der Waals surface area contributed by atoms with Gasteiger partial charge in [-0.15, -0.1) is 0 Å². The summed E-state index contributed by atoms with van der Waals surface area (Å²) in [6, 6.07) is 1.79. The summed E-state index contributed by atoms with van der Waals surface area (Å²) in [4.78, 5) is 3.64. The average Bonchev–Trinajstić information content (AvgIpc) is 2.79. The molecule has 0 aliphatic heterocycles. The standard InChI is InChI=1S/C15H20N2O2S/c1-11(2)15-14(8-10-17(15)20(6,18)19)13(4)12(3)7-9-16-5/h7-10H,3,5H2,1-2,4,6H3. The zero-order chi connectivity index (χ0) is 15.5. The second kappa shape index (κ2) is 6.05. The van der Waals surface area contributed by atoms with Crippen LogP contribution in [0.3, 0.4) is 0 Å². The fraction of sp³-hybridized carbons (Fsp3) is 0.267. The Labute approximate surface area is 120 Å². The number of aromatic nitrogens is 1. The highest BCUT2D eigenvalue weighted by Crippen LogP contribution is 2.07. The summed E-state index contributed by atoms with van der Waals surface area (Å²) in [5, 5.41) is 1.54. The number of nitrogens with zero attached hydrogens (tertiary/aromatic N) is 2. The molecule has 0 amide bonds. The first-order chi connectivity index (χ1) is 9.20. The lowest BCUT2D eigenvalue weighted by Crippen LogP contribution is -2.35. The van der Waals surface area contributed by atoms with Crippen molar-refractivity contribution in [3.63, 3.8) is 0 Å². The van der Waals surface area contributed by atoms with Gasteiger partial charge in [-0.05, 0) is 50.8 Å². The number of hydrogen-bond donors (Lipinski definition) is 0. The lowest BCUT2D eigenvalue weighted by Gasteiger charge is -2.03. The van der Waals surface area contributed by atoms with E-state index in [0.717, 1.165) is 21.9 Å². The summed E-state index contributed by atoms with van der Waals surface area (Å²) in [7, 11) is -3.33. The van der Waals surface area contributed by atoms with Crippen molar-refractivity contribution in [3.05, 3.63) is 47.3 Å². The summed E-state index contributed by atoms with van der Waals surface area (Å²) in [5.74, 6) is 0. The average molecular weight is 292 g/mol. The van der Waals surface area contributed by atoms with Crippen LogP contribution >= 0.6 is 0 Å². The van der Waals surface area contributed by atoms with E-state index in [1.165, 1.54) is 10.2 Å². The van der Waals surface area contributed by atoms with Gasteiger partial charge in [0.1, 0.15) is 0 Å². The van der Waals surface area contributed by atoms with E-state index in [4.69, 9.17) is 0 Å². The summed E-state index contributed by atoms with van der Waals surface area (Å²) in [6.07, 6.45) is 6.06. The van der Waals surface area contributed by atoms with Crippen LogP contribution in [0, 0.1) is 0 Å². The fourth-order valence-electron chi connectivity index (χ4n) is 1.92. The Morgan fingerprint density at radius 1 is 1.35 bits per heavy atom. The largest absolute Gasteiger partial charge is 0.272 e. The van der Waals surface area contributed by atoms with Gasteiger partial charge < -0.3 is 0 Å². The molecule has 1 aromatic heterocycles. The minimum absolute atomic E-state index is 0.686. The smallest absolute Gasteiger partial charge is 0.236 e. The summed E-state index contributed by atoms with van der Waals surface area (Å²) in [6.45, 7) is 13.0. The molecule has 108 valence electrons. The van der Waals surface area contributed by atoms with Crippen LogP contribution in [0.1, 0.15) is 20.8 Å². The number of aliphatic imine (C=N–C) groups is 1. The van der Waals surface area contributed by atoms with E-state index < -0.39 is 10.0 Å². The van der Waals surface area contributed by atoms with Crippen molar-refractivity contribution in [1.29, 1.82) is 0 Å². The van der Waals surface area contributed by atoms with Crippen molar-refractivity contribution in [2.75, 3.05) is 6.26 Å². The van der Waals surface area contributed by atoms with Gasteiger partial charge in [-0.3, -0.25) is 4.99 Å². The third-order valence-corrected chi connectivity index (χ3v) is 3.97. The Hall–Kier alpha value is -1.88. The first-order valence-electron chi connectivity index (χ1n) is 6.08. The Morgan fingerprint density at radius 3 is 2.40 bits per heavy atom. The van der Waals surface area contributed by atoms with Crippen molar-refractivity contribution in [2.24, 2.45) is 4.99 Å². The lowest BCUT2D eigenvalue weighted by atomic mass is 10.1. The van der Waals surface area contributed by atoms with Crippen LogP contribution in [0.25, 0.3) is 11.1 Å². The molecule has 0 bridgehead atoms. The van der Waals surface area contributed by atoms with Crippen LogP contribution < -0.4 is 10.6 Å². The molecule has 0 aliphatic rings. The lowest BCUT2D eigenvalue weighted by molar-refractivity contribution is 0.592.